The van der Waals surface area contributed by atoms with Crippen molar-refractivity contribution in [2.45, 2.75) is 44.1 Å². The highest BCUT2D eigenvalue weighted by Gasteiger charge is 2.18. The van der Waals surface area contributed by atoms with Crippen molar-refractivity contribution in [1.29, 1.82) is 0 Å². The number of benzene rings is 2. The molecule has 0 unspecified atom stereocenters. The lowest BCUT2D eigenvalue weighted by Crippen LogP contribution is -3.00. The molecular weight excluding hydrogens is 452 g/mol. The number of ether oxygens (including phenoxy) is 1. The topological polar surface area (TPSA) is 115 Å². The number of carboxylic acid groups (broad SMARTS) is 1. The lowest BCUT2D eigenvalue weighted by Gasteiger charge is -2.18. The van der Waals surface area contributed by atoms with Crippen molar-refractivity contribution in [3.05, 3.63) is 65.7 Å². The summed E-state index contributed by atoms with van der Waals surface area (Å²) in [7, 11) is 0. The molecule has 5 N–H and O–H groups in total. The minimum atomic E-state index is -0.865. The zero-order valence-electron chi connectivity index (χ0n) is 18.2. The Morgan fingerprint density at radius 1 is 1.09 bits per heavy atom. The average Bonchev–Trinajstić information content (AvgIpc) is 2.76. The van der Waals surface area contributed by atoms with Crippen LogP contribution in [0.4, 0.5) is 0 Å². The number of hydrogen-bond donors (Lipinski definition) is 3. The molecule has 32 heavy (non-hydrogen) atoms. The van der Waals surface area contributed by atoms with Crippen LogP contribution in [0.25, 0.3) is 0 Å². The number of halogens is 1. The molecule has 0 aliphatic heterocycles. The summed E-state index contributed by atoms with van der Waals surface area (Å²) < 4.78 is 5.78. The number of hydrogen-bond acceptors (Lipinski definition) is 5. The fourth-order valence-electron chi connectivity index (χ4n) is 2.89. The standard InChI is InChI=1S/C23H30N2O5S.ClH/c1-17(23(27)28)31-13-5-8-22(26)25(29)15-20(24)14-18-9-11-21(12-10-18)30-16-19-6-3-2-4-7-19;/h2-4,6-7,9-12,17,20,29H,5,8,13-16,24H2,1H3,(H,27,28);1H/t17-,20-;/m0./s1. The monoisotopic (exact) mass is 482 g/mol. The van der Waals surface area contributed by atoms with Gasteiger partial charge in [0.05, 0.1) is 5.25 Å². The number of aliphatic carboxylic acids is 1. The fraction of sp³-hybridized carbons (Fsp3) is 0.391. The van der Waals surface area contributed by atoms with Gasteiger partial charge in [-0.3, -0.25) is 14.8 Å². The first-order chi connectivity index (χ1) is 14.8. The summed E-state index contributed by atoms with van der Waals surface area (Å²) in [6, 6.07) is 17.5. The lowest BCUT2D eigenvalue weighted by molar-refractivity contribution is -0.425. The summed E-state index contributed by atoms with van der Waals surface area (Å²) in [5.41, 5.74) is 6.19. The normalized spacial score (nSPS) is 12.3. The SMILES string of the molecule is C[C@H](SCCCC(=O)N(O)C[C@@H]([NH3+])Cc1ccc(OCc2ccccc2)cc1)C(=O)O.[Cl-]. The van der Waals surface area contributed by atoms with Crippen molar-refractivity contribution in [3.8, 4) is 5.75 Å². The van der Waals surface area contributed by atoms with Crippen LogP contribution >= 0.6 is 11.8 Å². The molecule has 0 aliphatic rings. The van der Waals surface area contributed by atoms with E-state index < -0.39 is 11.2 Å². The quantitative estimate of drug-likeness (QED) is 0.204. The zero-order chi connectivity index (χ0) is 22.6. The number of quaternary nitrogens is 1. The van der Waals surface area contributed by atoms with E-state index in [0.29, 0.717) is 25.2 Å². The van der Waals surface area contributed by atoms with Crippen LogP contribution < -0.4 is 22.9 Å². The van der Waals surface area contributed by atoms with Crippen molar-refractivity contribution in [3.63, 3.8) is 0 Å². The number of nitrogens with zero attached hydrogens (tertiary/aromatic N) is 1. The summed E-state index contributed by atoms with van der Waals surface area (Å²) in [6.07, 6.45) is 1.32. The number of carbonyl (C=O) groups is 2. The van der Waals surface area contributed by atoms with Crippen molar-refractivity contribution >= 4 is 23.6 Å². The lowest BCUT2D eigenvalue weighted by atomic mass is 10.1. The Morgan fingerprint density at radius 3 is 2.38 bits per heavy atom. The third-order valence-corrected chi connectivity index (χ3v) is 5.89. The molecule has 9 heteroatoms. The van der Waals surface area contributed by atoms with Crippen LogP contribution in [0, 0.1) is 0 Å². The van der Waals surface area contributed by atoms with E-state index in [9.17, 15) is 14.8 Å². The molecule has 2 aromatic rings. The van der Waals surface area contributed by atoms with Gasteiger partial charge in [0.1, 0.15) is 24.9 Å². The Bertz CT molecular complexity index is 823. The van der Waals surface area contributed by atoms with E-state index in [2.05, 4.69) is 5.73 Å². The van der Waals surface area contributed by atoms with Crippen molar-refractivity contribution < 1.29 is 42.8 Å². The highest BCUT2D eigenvalue weighted by Crippen LogP contribution is 2.16. The van der Waals surface area contributed by atoms with Gasteiger partial charge in [-0.1, -0.05) is 42.5 Å². The van der Waals surface area contributed by atoms with Crippen LogP contribution in [0.3, 0.4) is 0 Å². The predicted octanol–water partition coefficient (Wildman–Crippen LogP) is -0.373. The minimum Gasteiger partial charge on any atom is -1.00 e. The molecule has 0 bridgehead atoms. The average molecular weight is 483 g/mol. The first-order valence-electron chi connectivity index (χ1n) is 10.3. The number of hydroxylamine groups is 2. The molecule has 2 aromatic carbocycles. The van der Waals surface area contributed by atoms with E-state index in [1.165, 1.54) is 11.8 Å². The fourth-order valence-corrected chi connectivity index (χ4v) is 3.70. The van der Waals surface area contributed by atoms with E-state index in [1.807, 2.05) is 54.6 Å². The highest BCUT2D eigenvalue weighted by atomic mass is 35.5. The number of amides is 1. The van der Waals surface area contributed by atoms with Gasteiger partial charge < -0.3 is 28.0 Å². The number of rotatable bonds is 13. The summed E-state index contributed by atoms with van der Waals surface area (Å²) in [5.74, 6) is 0.0967. The maximum absolute atomic E-state index is 12.0. The molecule has 0 fully saturated rings. The van der Waals surface area contributed by atoms with Gasteiger partial charge in [0.2, 0.25) is 5.91 Å². The maximum atomic E-state index is 12.0. The van der Waals surface area contributed by atoms with Gasteiger partial charge in [0, 0.05) is 12.8 Å². The van der Waals surface area contributed by atoms with Crippen LogP contribution in [0.2, 0.25) is 0 Å². The molecule has 0 spiro atoms. The van der Waals surface area contributed by atoms with E-state index in [4.69, 9.17) is 9.84 Å². The van der Waals surface area contributed by atoms with Gasteiger partial charge >= 0.3 is 5.97 Å². The predicted molar refractivity (Wildman–Crippen MR) is 120 cm³/mol. The van der Waals surface area contributed by atoms with Crippen molar-refractivity contribution in [2.24, 2.45) is 0 Å². The molecule has 2 rings (SSSR count). The molecule has 0 saturated carbocycles. The van der Waals surface area contributed by atoms with Crippen molar-refractivity contribution in [2.75, 3.05) is 12.3 Å². The highest BCUT2D eigenvalue weighted by molar-refractivity contribution is 8.00. The Labute approximate surface area is 199 Å². The first kappa shape index (κ1) is 27.8. The van der Waals surface area contributed by atoms with Crippen LogP contribution in [0.5, 0.6) is 5.75 Å². The minimum absolute atomic E-state index is 0. The Balaban J connectivity index is 0.00000512. The second-order valence-corrected chi connectivity index (χ2v) is 8.87. The summed E-state index contributed by atoms with van der Waals surface area (Å²) >= 11 is 1.28. The smallest absolute Gasteiger partial charge is 0.316 e. The number of carboxylic acids is 1. The second kappa shape index (κ2) is 14.7. The Morgan fingerprint density at radius 2 is 1.75 bits per heavy atom. The molecule has 0 saturated heterocycles. The summed E-state index contributed by atoms with van der Waals surface area (Å²) in [6.45, 7) is 2.26. The molecule has 0 aromatic heterocycles. The van der Waals surface area contributed by atoms with Gasteiger partial charge in [-0.05, 0) is 42.4 Å². The molecular formula is C23H31ClN2O5S. The van der Waals surface area contributed by atoms with Crippen LogP contribution in [-0.4, -0.2) is 50.8 Å². The van der Waals surface area contributed by atoms with Crippen molar-refractivity contribution in [1.82, 2.24) is 5.06 Å². The molecule has 1 amide bonds. The zero-order valence-corrected chi connectivity index (χ0v) is 19.7. The van der Waals surface area contributed by atoms with Crippen LogP contribution in [-0.2, 0) is 22.6 Å². The largest absolute Gasteiger partial charge is 1.00 e. The third kappa shape index (κ3) is 10.4. The van der Waals surface area contributed by atoms with E-state index in [-0.39, 0.29) is 37.3 Å². The molecule has 2 atom stereocenters. The van der Waals surface area contributed by atoms with E-state index in [0.717, 1.165) is 21.9 Å². The van der Waals surface area contributed by atoms with Gasteiger partial charge in [0.25, 0.3) is 0 Å². The number of thioether (sulfide) groups is 1. The molecule has 176 valence electrons. The van der Waals surface area contributed by atoms with Gasteiger partial charge in [0.15, 0.2) is 0 Å². The molecule has 0 radical (unpaired) electrons. The Hall–Kier alpha value is -2.26. The van der Waals surface area contributed by atoms with Gasteiger partial charge in [-0.15, -0.1) is 11.8 Å². The third-order valence-electron chi connectivity index (χ3n) is 4.67. The second-order valence-electron chi connectivity index (χ2n) is 7.42. The summed E-state index contributed by atoms with van der Waals surface area (Å²) in [5, 5.41) is 19.1. The molecule has 0 heterocycles. The van der Waals surface area contributed by atoms with Crippen LogP contribution in [0.15, 0.2) is 54.6 Å². The maximum Gasteiger partial charge on any atom is 0.316 e. The van der Waals surface area contributed by atoms with E-state index >= 15 is 0 Å². The van der Waals surface area contributed by atoms with E-state index in [1.54, 1.807) is 6.92 Å². The number of carbonyl (C=O) groups excluding carboxylic acids is 1. The molecule has 7 nitrogen and oxygen atoms in total. The summed E-state index contributed by atoms with van der Waals surface area (Å²) in [4.78, 5) is 22.8. The van der Waals surface area contributed by atoms with Gasteiger partial charge in [-0.25, -0.2) is 5.06 Å². The Kier molecular flexibility index (Phi) is 12.8. The van der Waals surface area contributed by atoms with Gasteiger partial charge in [-0.2, -0.15) is 0 Å². The first-order valence-corrected chi connectivity index (χ1v) is 11.3. The molecule has 0 aliphatic carbocycles. The van der Waals surface area contributed by atoms with Crippen LogP contribution in [0.1, 0.15) is 30.9 Å².